The molecule has 0 N–H and O–H groups in total. The minimum absolute atomic E-state index is 0.00828. The molecule has 59 heavy (non-hydrogen) atoms. The lowest BCUT2D eigenvalue weighted by Gasteiger charge is -2.17. The van der Waals surface area contributed by atoms with Crippen molar-refractivity contribution in [3.8, 4) is 23.0 Å². The van der Waals surface area contributed by atoms with Gasteiger partial charge in [-0.2, -0.15) is 0 Å². The van der Waals surface area contributed by atoms with E-state index in [-0.39, 0.29) is 58.5 Å². The van der Waals surface area contributed by atoms with Crippen molar-refractivity contribution in [3.05, 3.63) is 132 Å². The van der Waals surface area contributed by atoms with Crippen molar-refractivity contribution in [2.75, 3.05) is 27.1 Å². The highest BCUT2D eigenvalue weighted by atomic mass is 16.8. The monoisotopic (exact) mass is 812 g/mol. The molecule has 2 saturated heterocycles. The second kappa shape index (κ2) is 19.0. The zero-order valence-electron chi connectivity index (χ0n) is 30.8. The van der Waals surface area contributed by atoms with E-state index >= 15 is 0 Å². The predicted octanol–water partition coefficient (Wildman–Crippen LogP) is 5.02. The first-order valence-electron chi connectivity index (χ1n) is 17.4. The van der Waals surface area contributed by atoms with Crippen LogP contribution in [-0.2, 0) is 38.0 Å². The third kappa shape index (κ3) is 10.8. The van der Waals surface area contributed by atoms with E-state index in [4.69, 9.17) is 37.9 Å². The standard InChI is InChI=1S/C41H32O18/c1-3-33(42)52-22-53-41(48)57-30-18-10-24(11-19-30)37(44)55-28-14-6-26(7-15-28)39(46)59-32-21-51-34-31(20-50-35(32)34)58-38(45)25-4-12-27(13-5-25)54-36(43)23-8-16-29(17-9-23)56-40(47)49-2/h3-19,31-32,34-35H,1,20-22H2,2H3. The number of esters is 5. The van der Waals surface area contributed by atoms with Crippen molar-refractivity contribution in [2.24, 2.45) is 0 Å². The zero-order chi connectivity index (χ0) is 41.9. The molecule has 18 heteroatoms. The molecule has 0 aromatic heterocycles. The number of carbonyl (C=O) groups is 7. The third-order valence-electron chi connectivity index (χ3n) is 8.37. The van der Waals surface area contributed by atoms with E-state index in [1.165, 1.54) is 104 Å². The van der Waals surface area contributed by atoms with Crippen molar-refractivity contribution in [1.29, 1.82) is 0 Å². The lowest BCUT2D eigenvalue weighted by molar-refractivity contribution is -0.146. The van der Waals surface area contributed by atoms with Crippen LogP contribution >= 0.6 is 0 Å². The Morgan fingerprint density at radius 2 is 0.881 bits per heavy atom. The summed E-state index contributed by atoms with van der Waals surface area (Å²) in [4.78, 5) is 85.1. The lowest BCUT2D eigenvalue weighted by Crippen LogP contribution is -2.36. The summed E-state index contributed by atoms with van der Waals surface area (Å²) in [5, 5.41) is 0. The van der Waals surface area contributed by atoms with E-state index in [0.29, 0.717) is 0 Å². The molecular formula is C41H32O18. The number of hydrogen-bond acceptors (Lipinski definition) is 18. The Morgan fingerprint density at radius 1 is 0.525 bits per heavy atom. The molecule has 2 aliphatic heterocycles. The summed E-state index contributed by atoms with van der Waals surface area (Å²) in [5.41, 5.74) is 0.629. The molecule has 0 spiro atoms. The first kappa shape index (κ1) is 41.1. The maximum absolute atomic E-state index is 13.0. The minimum Gasteiger partial charge on any atom is -0.453 e. The molecule has 0 radical (unpaired) electrons. The van der Waals surface area contributed by atoms with Crippen LogP contribution in [0.15, 0.2) is 110 Å². The number of benzene rings is 4. The van der Waals surface area contributed by atoms with Crippen LogP contribution < -0.4 is 18.9 Å². The van der Waals surface area contributed by atoms with Gasteiger partial charge in [0, 0.05) is 6.08 Å². The summed E-state index contributed by atoms with van der Waals surface area (Å²) < 4.78 is 56.9. The van der Waals surface area contributed by atoms with Gasteiger partial charge >= 0.3 is 42.2 Å². The average Bonchev–Trinajstić information content (AvgIpc) is 3.84. The maximum Gasteiger partial charge on any atom is 0.516 e. The van der Waals surface area contributed by atoms with E-state index < -0.39 is 73.4 Å². The van der Waals surface area contributed by atoms with Crippen molar-refractivity contribution in [2.45, 2.75) is 24.4 Å². The fraction of sp³-hybridized carbons (Fsp3) is 0.195. The van der Waals surface area contributed by atoms with Gasteiger partial charge in [-0.05, 0) is 97.1 Å². The molecule has 2 aliphatic rings. The number of hydrogen-bond donors (Lipinski definition) is 0. The fourth-order valence-corrected chi connectivity index (χ4v) is 5.47. The zero-order valence-corrected chi connectivity index (χ0v) is 30.8. The molecule has 0 aliphatic carbocycles. The van der Waals surface area contributed by atoms with Gasteiger partial charge in [-0.25, -0.2) is 33.6 Å². The van der Waals surface area contributed by atoms with Gasteiger partial charge in [0.05, 0.1) is 42.6 Å². The highest BCUT2D eigenvalue weighted by Gasteiger charge is 2.51. The molecule has 4 atom stereocenters. The molecular weight excluding hydrogens is 780 g/mol. The summed E-state index contributed by atoms with van der Waals surface area (Å²) in [6, 6.07) is 22.2. The normalized spacial score (nSPS) is 17.6. The second-order valence-electron chi connectivity index (χ2n) is 12.2. The van der Waals surface area contributed by atoms with Crippen molar-refractivity contribution in [3.63, 3.8) is 0 Å². The number of carbonyl (C=O) groups excluding carboxylic acids is 7. The summed E-state index contributed by atoms with van der Waals surface area (Å²) in [6.07, 6.45) is -4.15. The molecule has 2 fully saturated rings. The molecule has 4 unspecified atom stereocenters. The Balaban J connectivity index is 0.930. The van der Waals surface area contributed by atoms with E-state index in [1.54, 1.807) is 0 Å². The minimum atomic E-state index is -1.14. The summed E-state index contributed by atoms with van der Waals surface area (Å²) >= 11 is 0. The Morgan fingerprint density at radius 3 is 1.25 bits per heavy atom. The maximum atomic E-state index is 13.0. The summed E-state index contributed by atoms with van der Waals surface area (Å²) in [6.45, 7) is 2.52. The Kier molecular flexibility index (Phi) is 13.3. The van der Waals surface area contributed by atoms with Gasteiger partial charge in [0.2, 0.25) is 6.79 Å². The number of rotatable bonds is 13. The SMILES string of the molecule is C=CC(=O)OCOC(=O)Oc1ccc(C(=O)Oc2ccc(C(=O)OC3COC4C(OC(=O)c5ccc(OC(=O)c6ccc(OC(=O)OC)cc6)cc5)COC34)cc2)cc1. The molecule has 0 bridgehead atoms. The van der Waals surface area contributed by atoms with E-state index in [9.17, 15) is 33.6 Å². The number of fused-ring (bicyclic) bond motifs is 1. The Hall–Kier alpha value is -7.57. The van der Waals surface area contributed by atoms with Crippen LogP contribution in [-0.4, -0.2) is 93.7 Å². The largest absolute Gasteiger partial charge is 0.516 e. The van der Waals surface area contributed by atoms with E-state index in [2.05, 4.69) is 20.8 Å². The van der Waals surface area contributed by atoms with Gasteiger partial charge in [0.15, 0.2) is 12.2 Å². The third-order valence-corrected chi connectivity index (χ3v) is 8.37. The topological polar surface area (TPSA) is 221 Å². The van der Waals surface area contributed by atoms with Crippen LogP contribution in [0.4, 0.5) is 9.59 Å². The van der Waals surface area contributed by atoms with Gasteiger partial charge in [0.25, 0.3) is 0 Å². The molecule has 304 valence electrons. The Bertz CT molecular complexity index is 2200. The lowest BCUT2D eigenvalue weighted by atomic mass is 10.1. The molecule has 0 amide bonds. The average molecular weight is 813 g/mol. The molecule has 4 aromatic rings. The van der Waals surface area contributed by atoms with E-state index in [1.807, 2.05) is 0 Å². The highest BCUT2D eigenvalue weighted by molar-refractivity contribution is 5.93. The van der Waals surface area contributed by atoms with Crippen LogP contribution in [0, 0.1) is 0 Å². The molecule has 0 saturated carbocycles. The van der Waals surface area contributed by atoms with Crippen LogP contribution in [0.25, 0.3) is 0 Å². The first-order chi connectivity index (χ1) is 28.5. The van der Waals surface area contributed by atoms with Crippen LogP contribution in [0.3, 0.4) is 0 Å². The van der Waals surface area contributed by atoms with Crippen molar-refractivity contribution < 1.29 is 85.7 Å². The highest BCUT2D eigenvalue weighted by Crippen LogP contribution is 2.32. The fourth-order valence-electron chi connectivity index (χ4n) is 5.47. The summed E-state index contributed by atoms with van der Waals surface area (Å²) in [5.74, 6) is -3.07. The molecule has 4 aromatic carbocycles. The predicted molar refractivity (Wildman–Crippen MR) is 195 cm³/mol. The van der Waals surface area contributed by atoms with Gasteiger partial charge in [-0.15, -0.1) is 0 Å². The molecule has 2 heterocycles. The molecule has 6 rings (SSSR count). The van der Waals surface area contributed by atoms with Gasteiger partial charge in [0.1, 0.15) is 35.2 Å². The van der Waals surface area contributed by atoms with Crippen LogP contribution in [0.2, 0.25) is 0 Å². The van der Waals surface area contributed by atoms with Crippen molar-refractivity contribution >= 4 is 42.2 Å². The van der Waals surface area contributed by atoms with Gasteiger partial charge in [-0.1, -0.05) is 6.58 Å². The smallest absolute Gasteiger partial charge is 0.453 e. The molecule has 18 nitrogen and oxygen atoms in total. The first-order valence-corrected chi connectivity index (χ1v) is 17.4. The van der Waals surface area contributed by atoms with E-state index in [0.717, 1.165) is 6.08 Å². The van der Waals surface area contributed by atoms with Crippen LogP contribution in [0.1, 0.15) is 41.4 Å². The van der Waals surface area contributed by atoms with Crippen LogP contribution in [0.5, 0.6) is 23.0 Å². The number of ether oxygens (including phenoxy) is 11. The quantitative estimate of drug-likeness (QED) is 0.0432. The summed E-state index contributed by atoms with van der Waals surface area (Å²) in [7, 11) is 1.17. The van der Waals surface area contributed by atoms with Crippen molar-refractivity contribution in [1.82, 2.24) is 0 Å². The van der Waals surface area contributed by atoms with Gasteiger partial charge < -0.3 is 52.1 Å². The Labute approximate surface area is 333 Å². The number of methoxy groups -OCH3 is 1. The second-order valence-corrected chi connectivity index (χ2v) is 12.2. The van der Waals surface area contributed by atoms with Gasteiger partial charge in [-0.3, -0.25) is 0 Å².